The van der Waals surface area contributed by atoms with Crippen LogP contribution in [0.5, 0.6) is 0 Å². The van der Waals surface area contributed by atoms with Gasteiger partial charge in [0.1, 0.15) is 5.54 Å². The maximum Gasteiger partial charge on any atom is 0.326 e. The highest BCUT2D eigenvalue weighted by Crippen LogP contribution is 2.39. The minimum absolute atomic E-state index is 0.0962. The Balaban J connectivity index is 2.02. The number of likely N-dealkylation sites (N-methyl/N-ethyl adjacent to an activating group) is 1. The van der Waals surface area contributed by atoms with Crippen LogP contribution in [0, 0.1) is 5.92 Å². The van der Waals surface area contributed by atoms with Gasteiger partial charge >= 0.3 is 5.97 Å². The SMILES string of the molecule is CNC1(C(=O)OC)CCCC1CCN1C(=O)CCC1=O. The lowest BCUT2D eigenvalue weighted by Gasteiger charge is -2.33. The fourth-order valence-electron chi connectivity index (χ4n) is 3.51. The second kappa shape index (κ2) is 5.91. The van der Waals surface area contributed by atoms with Gasteiger partial charge in [0.25, 0.3) is 0 Å². The predicted octanol–water partition coefficient (Wildman–Crippen LogP) is 0.457. The van der Waals surface area contributed by atoms with E-state index >= 15 is 0 Å². The van der Waals surface area contributed by atoms with Crippen LogP contribution in [0.4, 0.5) is 0 Å². The number of esters is 1. The molecular weight excluding hydrogens is 260 g/mol. The average molecular weight is 282 g/mol. The third-order valence-electron chi connectivity index (χ3n) is 4.67. The van der Waals surface area contributed by atoms with Gasteiger partial charge in [0.2, 0.25) is 11.8 Å². The molecule has 2 atom stereocenters. The van der Waals surface area contributed by atoms with E-state index in [1.807, 2.05) is 0 Å². The molecule has 1 saturated carbocycles. The van der Waals surface area contributed by atoms with Crippen molar-refractivity contribution in [2.24, 2.45) is 5.92 Å². The zero-order valence-electron chi connectivity index (χ0n) is 12.1. The van der Waals surface area contributed by atoms with Gasteiger partial charge in [-0.25, -0.2) is 0 Å². The molecule has 0 bridgehead atoms. The van der Waals surface area contributed by atoms with E-state index < -0.39 is 5.54 Å². The minimum atomic E-state index is -0.666. The van der Waals surface area contributed by atoms with Gasteiger partial charge in [-0.1, -0.05) is 6.42 Å². The van der Waals surface area contributed by atoms with Crippen molar-refractivity contribution in [1.29, 1.82) is 0 Å². The van der Waals surface area contributed by atoms with Gasteiger partial charge in [0, 0.05) is 19.4 Å². The molecule has 0 aromatic rings. The van der Waals surface area contributed by atoms with E-state index in [1.54, 1.807) is 7.05 Å². The molecule has 0 aromatic carbocycles. The van der Waals surface area contributed by atoms with Crippen molar-refractivity contribution < 1.29 is 19.1 Å². The molecular formula is C14H22N2O4. The van der Waals surface area contributed by atoms with Crippen molar-refractivity contribution in [1.82, 2.24) is 10.2 Å². The van der Waals surface area contributed by atoms with Crippen molar-refractivity contribution in [3.05, 3.63) is 0 Å². The molecule has 112 valence electrons. The number of nitrogens with one attached hydrogen (secondary N) is 1. The molecule has 2 rings (SSSR count). The topological polar surface area (TPSA) is 75.7 Å². The summed E-state index contributed by atoms with van der Waals surface area (Å²) in [5, 5.41) is 3.11. The minimum Gasteiger partial charge on any atom is -0.468 e. The lowest BCUT2D eigenvalue weighted by Crippen LogP contribution is -2.54. The lowest BCUT2D eigenvalue weighted by atomic mass is 9.84. The molecule has 2 aliphatic rings. The highest BCUT2D eigenvalue weighted by molar-refractivity contribution is 6.01. The van der Waals surface area contributed by atoms with Crippen molar-refractivity contribution in [3.63, 3.8) is 0 Å². The third kappa shape index (κ3) is 2.44. The Hall–Kier alpha value is -1.43. The van der Waals surface area contributed by atoms with Gasteiger partial charge in [-0.3, -0.25) is 19.3 Å². The molecule has 20 heavy (non-hydrogen) atoms. The highest BCUT2D eigenvalue weighted by Gasteiger charge is 2.48. The van der Waals surface area contributed by atoms with Gasteiger partial charge in [0.15, 0.2) is 0 Å². The number of methoxy groups -OCH3 is 1. The Bertz CT molecular complexity index is 407. The lowest BCUT2D eigenvalue weighted by molar-refractivity contribution is -0.150. The van der Waals surface area contributed by atoms with Gasteiger partial charge in [-0.15, -0.1) is 0 Å². The summed E-state index contributed by atoms with van der Waals surface area (Å²) in [6, 6.07) is 0. The Morgan fingerprint density at radius 1 is 1.40 bits per heavy atom. The van der Waals surface area contributed by atoms with Gasteiger partial charge in [-0.2, -0.15) is 0 Å². The summed E-state index contributed by atoms with van der Waals surface area (Å²) in [4.78, 5) is 36.6. The van der Waals surface area contributed by atoms with Crippen LogP contribution in [0.1, 0.15) is 38.5 Å². The molecule has 6 heteroatoms. The number of amides is 2. The number of imide groups is 1. The first kappa shape index (κ1) is 15.0. The van der Waals surface area contributed by atoms with Gasteiger partial charge in [0.05, 0.1) is 7.11 Å². The van der Waals surface area contributed by atoms with Crippen molar-refractivity contribution in [2.75, 3.05) is 20.7 Å². The average Bonchev–Trinajstić information content (AvgIpc) is 3.01. The summed E-state index contributed by atoms with van der Waals surface area (Å²) >= 11 is 0. The van der Waals surface area contributed by atoms with Crippen LogP contribution in [0.25, 0.3) is 0 Å². The molecule has 1 N–H and O–H groups in total. The summed E-state index contributed by atoms with van der Waals surface area (Å²) in [6.45, 7) is 0.406. The van der Waals surface area contributed by atoms with Crippen molar-refractivity contribution in [3.8, 4) is 0 Å². The number of ether oxygens (including phenoxy) is 1. The van der Waals surface area contributed by atoms with Crippen LogP contribution < -0.4 is 5.32 Å². The van der Waals surface area contributed by atoms with Crippen molar-refractivity contribution >= 4 is 17.8 Å². The fourth-order valence-corrected chi connectivity index (χ4v) is 3.51. The Morgan fingerprint density at radius 2 is 2.05 bits per heavy atom. The van der Waals surface area contributed by atoms with E-state index in [2.05, 4.69) is 5.32 Å². The van der Waals surface area contributed by atoms with E-state index in [9.17, 15) is 14.4 Å². The van der Waals surface area contributed by atoms with E-state index in [1.165, 1.54) is 12.0 Å². The molecule has 6 nitrogen and oxygen atoms in total. The van der Waals surface area contributed by atoms with Gasteiger partial charge < -0.3 is 10.1 Å². The van der Waals surface area contributed by atoms with E-state index in [-0.39, 0.29) is 23.7 Å². The predicted molar refractivity (Wildman–Crippen MR) is 71.7 cm³/mol. The summed E-state index contributed by atoms with van der Waals surface area (Å²) < 4.78 is 4.92. The van der Waals surface area contributed by atoms with E-state index in [0.717, 1.165) is 19.3 Å². The van der Waals surface area contributed by atoms with Crippen LogP contribution in [0.3, 0.4) is 0 Å². The standard InChI is InChI=1S/C14H22N2O4/c1-15-14(13(19)20-2)8-3-4-10(14)7-9-16-11(17)5-6-12(16)18/h10,15H,3-9H2,1-2H3. The van der Waals surface area contributed by atoms with Crippen LogP contribution in [-0.4, -0.2) is 48.9 Å². The zero-order chi connectivity index (χ0) is 14.8. The first-order chi connectivity index (χ1) is 9.55. The molecule has 0 spiro atoms. The van der Waals surface area contributed by atoms with Crippen LogP contribution in [0.2, 0.25) is 0 Å². The fraction of sp³-hybridized carbons (Fsp3) is 0.786. The Labute approximate surface area is 118 Å². The summed E-state index contributed by atoms with van der Waals surface area (Å²) in [5.41, 5.74) is -0.666. The Morgan fingerprint density at radius 3 is 2.60 bits per heavy atom. The smallest absolute Gasteiger partial charge is 0.326 e. The number of carbonyl (C=O) groups excluding carboxylic acids is 3. The second-order valence-corrected chi connectivity index (χ2v) is 5.53. The van der Waals surface area contributed by atoms with Crippen LogP contribution in [0.15, 0.2) is 0 Å². The maximum absolute atomic E-state index is 12.1. The summed E-state index contributed by atoms with van der Waals surface area (Å²) in [6.07, 6.45) is 3.88. The van der Waals surface area contributed by atoms with E-state index in [0.29, 0.717) is 25.8 Å². The number of likely N-dealkylation sites (tertiary alicyclic amines) is 1. The monoisotopic (exact) mass is 282 g/mol. The summed E-state index contributed by atoms with van der Waals surface area (Å²) in [5.74, 6) is -0.343. The molecule has 1 heterocycles. The molecule has 1 saturated heterocycles. The van der Waals surface area contributed by atoms with E-state index in [4.69, 9.17) is 4.74 Å². The molecule has 0 radical (unpaired) electrons. The van der Waals surface area contributed by atoms with Crippen LogP contribution in [-0.2, 0) is 19.1 Å². The number of hydrogen-bond acceptors (Lipinski definition) is 5. The number of nitrogens with zero attached hydrogens (tertiary/aromatic N) is 1. The quantitative estimate of drug-likeness (QED) is 0.585. The Kier molecular flexibility index (Phi) is 4.42. The highest BCUT2D eigenvalue weighted by atomic mass is 16.5. The molecule has 1 aliphatic heterocycles. The zero-order valence-corrected chi connectivity index (χ0v) is 12.1. The first-order valence-electron chi connectivity index (χ1n) is 7.15. The molecule has 2 unspecified atom stereocenters. The molecule has 1 aliphatic carbocycles. The molecule has 0 aromatic heterocycles. The van der Waals surface area contributed by atoms with Crippen LogP contribution >= 0.6 is 0 Å². The second-order valence-electron chi connectivity index (χ2n) is 5.53. The molecule has 2 amide bonds. The normalized spacial score (nSPS) is 30.1. The van der Waals surface area contributed by atoms with Crippen molar-refractivity contribution in [2.45, 2.75) is 44.1 Å². The third-order valence-corrected chi connectivity index (χ3v) is 4.67. The van der Waals surface area contributed by atoms with Gasteiger partial charge in [-0.05, 0) is 32.2 Å². The number of rotatable bonds is 5. The number of hydrogen-bond donors (Lipinski definition) is 1. The summed E-state index contributed by atoms with van der Waals surface area (Å²) in [7, 11) is 3.16. The molecule has 2 fully saturated rings. The first-order valence-corrected chi connectivity index (χ1v) is 7.15. The largest absolute Gasteiger partial charge is 0.468 e. The maximum atomic E-state index is 12.1. The number of carbonyl (C=O) groups is 3.